The van der Waals surface area contributed by atoms with Gasteiger partial charge in [0.1, 0.15) is 5.75 Å². The molecule has 1 aliphatic rings. The van der Waals surface area contributed by atoms with Gasteiger partial charge in [0.05, 0.1) is 25.1 Å². The van der Waals surface area contributed by atoms with Gasteiger partial charge in [0.15, 0.2) is 0 Å². The van der Waals surface area contributed by atoms with E-state index in [1.165, 1.54) is 18.1 Å². The summed E-state index contributed by atoms with van der Waals surface area (Å²) >= 11 is 0. The number of carbonyl (C=O) groups is 1. The molecule has 5 rings (SSSR count). The lowest BCUT2D eigenvalue weighted by atomic mass is 9.91. The van der Waals surface area contributed by atoms with E-state index >= 15 is 0 Å². The van der Waals surface area contributed by atoms with Crippen molar-refractivity contribution in [3.05, 3.63) is 107 Å². The van der Waals surface area contributed by atoms with Crippen molar-refractivity contribution in [3.63, 3.8) is 0 Å². The molecule has 2 aromatic carbocycles. The van der Waals surface area contributed by atoms with Gasteiger partial charge in [0.2, 0.25) is 0 Å². The summed E-state index contributed by atoms with van der Waals surface area (Å²) in [6.45, 7) is 2.16. The molecule has 4 aromatic rings. The fourth-order valence-electron chi connectivity index (χ4n) is 4.35. The Labute approximate surface area is 186 Å². The molecule has 160 valence electrons. The van der Waals surface area contributed by atoms with Crippen molar-refractivity contribution in [2.24, 2.45) is 0 Å². The molecular weight excluding hydrogens is 400 g/mol. The summed E-state index contributed by atoms with van der Waals surface area (Å²) < 4.78 is 9.48. The van der Waals surface area contributed by atoms with Gasteiger partial charge in [-0.1, -0.05) is 48.5 Å². The Balaban J connectivity index is 1.40. The first-order chi connectivity index (χ1) is 15.7. The standard InChI is InChI=1S/C26H24N4O2/c1-19(31)32-25-9-5-8-22-14-20(10-11-24(22)25)16-30-17-23(15-28-30)26(29-13-12-27-18-29)21-6-3-2-4-7-21/h2-9,12-15,17-18,26H,10-11,16H2,1H3. The smallest absolute Gasteiger partial charge is 0.308 e. The van der Waals surface area contributed by atoms with Gasteiger partial charge in [-0.2, -0.15) is 5.10 Å². The van der Waals surface area contributed by atoms with Gasteiger partial charge in [0.25, 0.3) is 0 Å². The topological polar surface area (TPSA) is 61.9 Å². The minimum absolute atomic E-state index is 0.0276. The highest BCUT2D eigenvalue weighted by Gasteiger charge is 2.19. The van der Waals surface area contributed by atoms with E-state index in [0.717, 1.165) is 36.1 Å². The monoisotopic (exact) mass is 424 g/mol. The number of nitrogens with zero attached hydrogens (tertiary/aromatic N) is 4. The van der Waals surface area contributed by atoms with E-state index in [4.69, 9.17) is 4.74 Å². The van der Waals surface area contributed by atoms with Gasteiger partial charge in [-0.25, -0.2) is 4.98 Å². The maximum atomic E-state index is 11.4. The molecule has 0 bridgehead atoms. The second-order valence-electron chi connectivity index (χ2n) is 8.01. The largest absolute Gasteiger partial charge is 0.426 e. The second-order valence-corrected chi connectivity index (χ2v) is 8.01. The average Bonchev–Trinajstić information content (AvgIpc) is 3.48. The lowest BCUT2D eigenvalue weighted by Crippen LogP contribution is -2.11. The molecule has 0 aliphatic heterocycles. The van der Waals surface area contributed by atoms with Crippen LogP contribution >= 0.6 is 0 Å². The fraction of sp³-hybridized carbons (Fsp3) is 0.192. The highest BCUT2D eigenvalue weighted by atomic mass is 16.5. The molecule has 6 nitrogen and oxygen atoms in total. The molecular formula is C26H24N4O2. The summed E-state index contributed by atoms with van der Waals surface area (Å²) in [5, 5.41) is 4.65. The van der Waals surface area contributed by atoms with Crippen LogP contribution in [0.2, 0.25) is 0 Å². The van der Waals surface area contributed by atoms with Gasteiger partial charge in [-0.05, 0) is 35.6 Å². The number of rotatable bonds is 6. The zero-order valence-corrected chi connectivity index (χ0v) is 17.9. The van der Waals surface area contributed by atoms with Crippen LogP contribution < -0.4 is 4.74 Å². The Kier molecular flexibility index (Phi) is 5.42. The van der Waals surface area contributed by atoms with Crippen LogP contribution in [0.4, 0.5) is 0 Å². The second kappa shape index (κ2) is 8.67. The average molecular weight is 425 g/mol. The Bertz CT molecular complexity index is 1260. The summed E-state index contributed by atoms with van der Waals surface area (Å²) in [4.78, 5) is 15.6. The van der Waals surface area contributed by atoms with Crippen LogP contribution in [-0.4, -0.2) is 25.3 Å². The third-order valence-electron chi connectivity index (χ3n) is 5.75. The predicted molar refractivity (Wildman–Crippen MR) is 122 cm³/mol. The molecule has 0 fully saturated rings. The van der Waals surface area contributed by atoms with E-state index < -0.39 is 0 Å². The number of hydrogen-bond acceptors (Lipinski definition) is 4. The molecule has 0 radical (unpaired) electrons. The third-order valence-corrected chi connectivity index (χ3v) is 5.75. The van der Waals surface area contributed by atoms with Crippen molar-refractivity contribution in [1.29, 1.82) is 0 Å². The normalized spacial score (nSPS) is 13.8. The molecule has 0 spiro atoms. The molecule has 6 heteroatoms. The highest BCUT2D eigenvalue weighted by molar-refractivity contribution is 5.71. The van der Waals surface area contributed by atoms with E-state index in [1.807, 2.05) is 41.6 Å². The van der Waals surface area contributed by atoms with Crippen LogP contribution in [0.1, 0.15) is 41.6 Å². The molecule has 2 aromatic heterocycles. The number of hydrogen-bond donors (Lipinski definition) is 0. The fourth-order valence-corrected chi connectivity index (χ4v) is 4.35. The lowest BCUT2D eigenvalue weighted by Gasteiger charge is -2.19. The maximum Gasteiger partial charge on any atom is 0.308 e. The van der Waals surface area contributed by atoms with E-state index in [9.17, 15) is 4.79 Å². The Hall–Kier alpha value is -3.93. The Morgan fingerprint density at radius 1 is 1.09 bits per heavy atom. The predicted octanol–water partition coefficient (Wildman–Crippen LogP) is 4.67. The van der Waals surface area contributed by atoms with Gasteiger partial charge < -0.3 is 9.30 Å². The van der Waals surface area contributed by atoms with Crippen molar-refractivity contribution in [1.82, 2.24) is 19.3 Å². The van der Waals surface area contributed by atoms with Crippen LogP contribution in [-0.2, 0) is 17.8 Å². The maximum absolute atomic E-state index is 11.4. The van der Waals surface area contributed by atoms with Crippen molar-refractivity contribution >= 4 is 12.0 Å². The zero-order chi connectivity index (χ0) is 21.9. The van der Waals surface area contributed by atoms with Crippen LogP contribution in [0.3, 0.4) is 0 Å². The molecule has 0 N–H and O–H groups in total. The first-order valence-corrected chi connectivity index (χ1v) is 10.7. The van der Waals surface area contributed by atoms with Gasteiger partial charge in [0, 0.05) is 36.6 Å². The van der Waals surface area contributed by atoms with E-state index in [0.29, 0.717) is 5.75 Å². The number of fused-ring (bicyclic) bond motifs is 1. The highest BCUT2D eigenvalue weighted by Crippen LogP contribution is 2.32. The first kappa shape index (κ1) is 20.0. The van der Waals surface area contributed by atoms with E-state index in [-0.39, 0.29) is 12.0 Å². The molecule has 0 amide bonds. The molecule has 32 heavy (non-hydrogen) atoms. The first-order valence-electron chi connectivity index (χ1n) is 10.7. The van der Waals surface area contributed by atoms with Crippen LogP contribution in [0.25, 0.3) is 6.08 Å². The zero-order valence-electron chi connectivity index (χ0n) is 17.9. The van der Waals surface area contributed by atoms with Crippen molar-refractivity contribution < 1.29 is 9.53 Å². The third kappa shape index (κ3) is 4.12. The quantitative estimate of drug-likeness (QED) is 0.333. The summed E-state index contributed by atoms with van der Waals surface area (Å²) in [5.74, 6) is 0.376. The van der Waals surface area contributed by atoms with E-state index in [2.05, 4.69) is 57.3 Å². The van der Waals surface area contributed by atoms with Gasteiger partial charge in [-0.3, -0.25) is 9.48 Å². The number of ether oxygens (including phenoxy) is 1. The van der Waals surface area contributed by atoms with Crippen LogP contribution in [0.15, 0.2) is 85.2 Å². The number of carbonyl (C=O) groups excluding carboxylic acids is 1. The Morgan fingerprint density at radius 3 is 2.75 bits per heavy atom. The minimum Gasteiger partial charge on any atom is -0.426 e. The van der Waals surface area contributed by atoms with Crippen molar-refractivity contribution in [2.45, 2.75) is 32.4 Å². The number of benzene rings is 2. The molecule has 0 saturated carbocycles. The van der Waals surface area contributed by atoms with Crippen molar-refractivity contribution in [3.8, 4) is 5.75 Å². The Morgan fingerprint density at radius 2 is 1.97 bits per heavy atom. The van der Waals surface area contributed by atoms with Crippen molar-refractivity contribution in [2.75, 3.05) is 0 Å². The van der Waals surface area contributed by atoms with Crippen LogP contribution in [0.5, 0.6) is 5.75 Å². The number of esters is 1. The molecule has 1 unspecified atom stereocenters. The van der Waals surface area contributed by atoms with Gasteiger partial charge in [-0.15, -0.1) is 0 Å². The van der Waals surface area contributed by atoms with Crippen LogP contribution in [0, 0.1) is 0 Å². The molecule has 2 heterocycles. The SMILES string of the molecule is CC(=O)Oc1cccc2c1CCC(Cn1cc(C(c3ccccc3)n3ccnc3)cn1)=C2. The lowest BCUT2D eigenvalue weighted by molar-refractivity contribution is -0.131. The summed E-state index contributed by atoms with van der Waals surface area (Å²) in [6.07, 6.45) is 13.6. The molecule has 0 saturated heterocycles. The number of aromatic nitrogens is 4. The van der Waals surface area contributed by atoms with Gasteiger partial charge >= 0.3 is 5.97 Å². The molecule has 1 atom stereocenters. The summed E-state index contributed by atoms with van der Waals surface area (Å²) in [6, 6.07) is 16.3. The number of allylic oxidation sites excluding steroid dienone is 1. The van der Waals surface area contributed by atoms with E-state index in [1.54, 1.807) is 6.20 Å². The summed E-state index contributed by atoms with van der Waals surface area (Å²) in [5.41, 5.74) is 5.80. The minimum atomic E-state index is -0.289. The molecule has 1 aliphatic carbocycles. The summed E-state index contributed by atoms with van der Waals surface area (Å²) in [7, 11) is 0. The number of imidazole rings is 1.